The summed E-state index contributed by atoms with van der Waals surface area (Å²) in [6, 6.07) is 1.79. The first-order valence-corrected chi connectivity index (χ1v) is 8.74. The van der Waals surface area contributed by atoms with Crippen LogP contribution in [0.4, 0.5) is 4.79 Å². The van der Waals surface area contributed by atoms with Gasteiger partial charge in [-0.25, -0.2) is 14.8 Å². The van der Waals surface area contributed by atoms with E-state index in [9.17, 15) is 4.79 Å². The molecule has 0 unspecified atom stereocenters. The molecule has 1 saturated heterocycles. The van der Waals surface area contributed by atoms with Gasteiger partial charge in [0.25, 0.3) is 0 Å². The molecule has 1 amide bonds. The number of hydrogen-bond acceptors (Lipinski definition) is 5. The molecule has 0 saturated carbocycles. The van der Waals surface area contributed by atoms with Crippen molar-refractivity contribution < 1.29 is 14.3 Å². The average molecular weight is 356 g/mol. The Morgan fingerprint density at radius 2 is 2.25 bits per heavy atom. The monoisotopic (exact) mass is 355 g/mol. The Balaban J connectivity index is 1.70. The normalized spacial score (nSPS) is 18.5. The van der Waals surface area contributed by atoms with Crippen LogP contribution in [0, 0.1) is 5.92 Å². The molecule has 0 spiro atoms. The zero-order valence-corrected chi connectivity index (χ0v) is 15.4. The molecule has 0 N–H and O–H groups in total. The number of aromatic nitrogens is 2. The van der Waals surface area contributed by atoms with Gasteiger partial charge in [0.1, 0.15) is 5.60 Å². The summed E-state index contributed by atoms with van der Waals surface area (Å²) >= 11 is 5.74. The molecule has 1 aliphatic heterocycles. The molecule has 1 aliphatic rings. The highest BCUT2D eigenvalue weighted by molar-refractivity contribution is 6.28. The summed E-state index contributed by atoms with van der Waals surface area (Å²) in [5.41, 5.74) is 0.320. The molecule has 1 atom stereocenters. The zero-order valence-electron chi connectivity index (χ0n) is 14.6. The van der Waals surface area contributed by atoms with Gasteiger partial charge in [-0.3, -0.25) is 0 Å². The Morgan fingerprint density at radius 3 is 2.96 bits per heavy atom. The molecule has 2 heterocycles. The van der Waals surface area contributed by atoms with Crippen molar-refractivity contribution in [2.75, 3.05) is 19.7 Å². The maximum absolute atomic E-state index is 12.2. The van der Waals surface area contributed by atoms with Crippen molar-refractivity contribution in [2.45, 2.75) is 52.2 Å². The molecule has 134 valence electrons. The van der Waals surface area contributed by atoms with Crippen molar-refractivity contribution >= 4 is 17.7 Å². The highest BCUT2D eigenvalue weighted by atomic mass is 35.5. The maximum atomic E-state index is 12.2. The SMILES string of the molecule is CC(C)(C)OC(=O)N1CCC[C@@H](CCOCc2ccnc(Cl)n2)C1. The summed E-state index contributed by atoms with van der Waals surface area (Å²) in [6.45, 7) is 8.22. The number of rotatable bonds is 5. The van der Waals surface area contributed by atoms with Crippen molar-refractivity contribution in [1.82, 2.24) is 14.9 Å². The van der Waals surface area contributed by atoms with Crippen LogP contribution in [0.15, 0.2) is 12.3 Å². The largest absolute Gasteiger partial charge is 0.444 e. The minimum absolute atomic E-state index is 0.219. The molecule has 1 fully saturated rings. The molecule has 0 bridgehead atoms. The number of carbonyl (C=O) groups excluding carboxylic acids is 1. The second kappa shape index (κ2) is 8.62. The van der Waals surface area contributed by atoms with Crippen LogP contribution >= 0.6 is 11.6 Å². The van der Waals surface area contributed by atoms with Crippen molar-refractivity contribution in [3.8, 4) is 0 Å². The molecular weight excluding hydrogens is 330 g/mol. The maximum Gasteiger partial charge on any atom is 0.410 e. The first-order chi connectivity index (χ1) is 11.3. The van der Waals surface area contributed by atoms with Crippen LogP contribution in [-0.2, 0) is 16.1 Å². The summed E-state index contributed by atoms with van der Waals surface area (Å²) in [7, 11) is 0. The van der Waals surface area contributed by atoms with Crippen molar-refractivity contribution in [3.05, 3.63) is 23.2 Å². The Hall–Kier alpha value is -1.40. The van der Waals surface area contributed by atoms with E-state index in [1.807, 2.05) is 25.7 Å². The molecule has 2 rings (SSSR count). The Labute approximate surface area is 148 Å². The zero-order chi connectivity index (χ0) is 17.6. The molecule has 24 heavy (non-hydrogen) atoms. The van der Waals surface area contributed by atoms with Crippen LogP contribution < -0.4 is 0 Å². The van der Waals surface area contributed by atoms with Crippen LogP contribution in [-0.4, -0.2) is 46.3 Å². The van der Waals surface area contributed by atoms with E-state index in [1.54, 1.807) is 12.3 Å². The molecule has 6 nitrogen and oxygen atoms in total. The molecular formula is C17H26ClN3O3. The Bertz CT molecular complexity index is 548. The van der Waals surface area contributed by atoms with Crippen LogP contribution in [0.25, 0.3) is 0 Å². The lowest BCUT2D eigenvalue weighted by Gasteiger charge is -2.34. The van der Waals surface area contributed by atoms with E-state index in [1.165, 1.54) is 0 Å². The number of piperidine rings is 1. The van der Waals surface area contributed by atoms with Gasteiger partial charge in [0, 0.05) is 25.9 Å². The topological polar surface area (TPSA) is 64.5 Å². The predicted molar refractivity (Wildman–Crippen MR) is 91.8 cm³/mol. The van der Waals surface area contributed by atoms with Gasteiger partial charge in [0.15, 0.2) is 0 Å². The Kier molecular flexibility index (Phi) is 6.80. The fraction of sp³-hybridized carbons (Fsp3) is 0.706. The van der Waals surface area contributed by atoms with Crippen LogP contribution in [0.5, 0.6) is 0 Å². The highest BCUT2D eigenvalue weighted by Gasteiger charge is 2.27. The van der Waals surface area contributed by atoms with Crippen LogP contribution in [0.2, 0.25) is 5.28 Å². The lowest BCUT2D eigenvalue weighted by Crippen LogP contribution is -2.43. The molecule has 1 aromatic rings. The smallest absolute Gasteiger partial charge is 0.410 e. The fourth-order valence-electron chi connectivity index (χ4n) is 2.67. The third-order valence-electron chi connectivity index (χ3n) is 3.77. The van der Waals surface area contributed by atoms with Crippen LogP contribution in [0.1, 0.15) is 45.7 Å². The second-order valence-corrected chi connectivity index (χ2v) is 7.43. The van der Waals surface area contributed by atoms with Gasteiger partial charge in [-0.15, -0.1) is 0 Å². The van der Waals surface area contributed by atoms with E-state index in [4.69, 9.17) is 21.1 Å². The van der Waals surface area contributed by atoms with E-state index in [-0.39, 0.29) is 11.4 Å². The predicted octanol–water partition coefficient (Wildman–Crippen LogP) is 3.68. The van der Waals surface area contributed by atoms with Crippen molar-refractivity contribution in [2.24, 2.45) is 5.92 Å². The summed E-state index contributed by atoms with van der Waals surface area (Å²) in [6.07, 6.45) is 4.43. The molecule has 0 aromatic carbocycles. The van der Waals surface area contributed by atoms with Crippen molar-refractivity contribution in [1.29, 1.82) is 0 Å². The minimum Gasteiger partial charge on any atom is -0.444 e. The number of halogens is 1. The first kappa shape index (κ1) is 18.9. The van der Waals surface area contributed by atoms with Gasteiger partial charge in [-0.1, -0.05) is 0 Å². The number of hydrogen-bond donors (Lipinski definition) is 0. The third-order valence-corrected chi connectivity index (χ3v) is 3.96. The van der Waals surface area contributed by atoms with E-state index >= 15 is 0 Å². The number of likely N-dealkylation sites (tertiary alicyclic amines) is 1. The van der Waals surface area contributed by atoms with E-state index in [0.29, 0.717) is 19.1 Å². The number of amides is 1. The van der Waals surface area contributed by atoms with Crippen molar-refractivity contribution in [3.63, 3.8) is 0 Å². The number of nitrogens with zero attached hydrogens (tertiary/aromatic N) is 3. The molecule has 1 aromatic heterocycles. The van der Waals surface area contributed by atoms with Crippen LogP contribution in [0.3, 0.4) is 0 Å². The van der Waals surface area contributed by atoms with E-state index in [2.05, 4.69) is 9.97 Å². The molecule has 0 radical (unpaired) electrons. The third kappa shape index (κ3) is 6.61. The van der Waals surface area contributed by atoms with Gasteiger partial charge in [-0.05, 0) is 63.6 Å². The first-order valence-electron chi connectivity index (χ1n) is 8.36. The van der Waals surface area contributed by atoms with Gasteiger partial charge >= 0.3 is 6.09 Å². The average Bonchev–Trinajstić information content (AvgIpc) is 2.50. The summed E-state index contributed by atoms with van der Waals surface area (Å²) in [5, 5.41) is 0.233. The van der Waals surface area contributed by atoms with Gasteiger partial charge in [0.2, 0.25) is 5.28 Å². The second-order valence-electron chi connectivity index (χ2n) is 7.09. The van der Waals surface area contributed by atoms with E-state index < -0.39 is 5.60 Å². The summed E-state index contributed by atoms with van der Waals surface area (Å²) < 4.78 is 11.1. The summed E-state index contributed by atoms with van der Waals surface area (Å²) in [4.78, 5) is 21.9. The van der Waals surface area contributed by atoms with E-state index in [0.717, 1.165) is 38.0 Å². The highest BCUT2D eigenvalue weighted by Crippen LogP contribution is 2.21. The van der Waals surface area contributed by atoms with Gasteiger partial charge in [-0.2, -0.15) is 0 Å². The number of carbonyl (C=O) groups is 1. The molecule has 7 heteroatoms. The van der Waals surface area contributed by atoms with Gasteiger partial charge in [0.05, 0.1) is 12.3 Å². The lowest BCUT2D eigenvalue weighted by molar-refractivity contribution is 0.0135. The number of ether oxygens (including phenoxy) is 2. The quantitative estimate of drug-likeness (QED) is 0.595. The Morgan fingerprint density at radius 1 is 1.46 bits per heavy atom. The lowest BCUT2D eigenvalue weighted by atomic mass is 9.95. The fourth-order valence-corrected chi connectivity index (χ4v) is 2.83. The summed E-state index contributed by atoms with van der Waals surface area (Å²) in [5.74, 6) is 0.445. The standard InChI is InChI=1S/C17H26ClN3O3/c1-17(2,3)24-16(22)21-9-4-5-13(11-21)7-10-23-12-14-6-8-19-15(18)20-14/h6,8,13H,4-5,7,9-12H2,1-3H3/t13-/m0/s1. The molecule has 0 aliphatic carbocycles. The minimum atomic E-state index is -0.452. The van der Waals surface area contributed by atoms with Gasteiger partial charge < -0.3 is 14.4 Å².